The topological polar surface area (TPSA) is 79.7 Å². The molecule has 0 bridgehead atoms. The molecule has 2 atom stereocenters. The second-order valence-electron chi connectivity index (χ2n) is 8.28. The van der Waals surface area contributed by atoms with E-state index in [1.54, 1.807) is 4.68 Å². The van der Waals surface area contributed by atoms with Gasteiger partial charge in [-0.2, -0.15) is 10.2 Å². The lowest BCUT2D eigenvalue weighted by Crippen LogP contribution is -2.29. The van der Waals surface area contributed by atoms with Crippen LogP contribution in [0.1, 0.15) is 61.2 Å². The first-order chi connectivity index (χ1) is 12.7. The van der Waals surface area contributed by atoms with Crippen molar-refractivity contribution in [3.63, 3.8) is 0 Å². The zero-order valence-corrected chi connectivity index (χ0v) is 15.3. The van der Waals surface area contributed by atoms with Crippen molar-refractivity contribution in [3.8, 4) is 0 Å². The summed E-state index contributed by atoms with van der Waals surface area (Å²) in [6, 6.07) is 0. The quantitative estimate of drug-likeness (QED) is 0.860. The number of hydrogen-bond donors (Lipinski definition) is 1. The number of nitrogens with one attached hydrogen (secondary N) is 1. The van der Waals surface area contributed by atoms with Crippen molar-refractivity contribution in [2.45, 2.75) is 50.4 Å². The average molecular weight is 354 g/mol. The van der Waals surface area contributed by atoms with Crippen molar-refractivity contribution in [1.29, 1.82) is 0 Å². The monoisotopic (exact) mass is 354 g/mol. The van der Waals surface area contributed by atoms with Crippen LogP contribution in [0.5, 0.6) is 0 Å². The predicted octanol–water partition coefficient (Wildman–Crippen LogP) is 2.00. The summed E-state index contributed by atoms with van der Waals surface area (Å²) in [5.74, 6) is 4.43. The number of hydrogen-bond acceptors (Lipinski definition) is 4. The predicted molar refractivity (Wildman–Crippen MR) is 95.4 cm³/mol. The maximum atomic E-state index is 12.8. The van der Waals surface area contributed by atoms with Gasteiger partial charge in [0.05, 0.1) is 6.20 Å². The van der Waals surface area contributed by atoms with Gasteiger partial charge in [0.15, 0.2) is 5.82 Å². The average Bonchev–Trinajstić information content (AvgIpc) is 3.53. The van der Waals surface area contributed by atoms with Crippen molar-refractivity contribution < 1.29 is 4.79 Å². The number of rotatable bonds is 6. The number of amides is 1. The van der Waals surface area contributed by atoms with E-state index in [-0.39, 0.29) is 5.91 Å². The molecule has 7 heteroatoms. The third-order valence-electron chi connectivity index (χ3n) is 6.14. The van der Waals surface area contributed by atoms with Crippen molar-refractivity contribution in [1.82, 2.24) is 29.9 Å². The first kappa shape index (κ1) is 16.0. The van der Waals surface area contributed by atoms with E-state index in [2.05, 4.69) is 20.2 Å². The first-order valence-corrected chi connectivity index (χ1v) is 9.85. The van der Waals surface area contributed by atoms with Gasteiger partial charge in [0, 0.05) is 44.6 Å². The number of aromatic amines is 1. The highest BCUT2D eigenvalue weighted by atomic mass is 16.2. The molecule has 3 heterocycles. The fraction of sp³-hybridized carbons (Fsp3) is 0.684. The molecule has 1 saturated heterocycles. The van der Waals surface area contributed by atoms with Gasteiger partial charge < -0.3 is 4.90 Å². The van der Waals surface area contributed by atoms with Crippen LogP contribution in [0.25, 0.3) is 0 Å². The molecular weight excluding hydrogens is 328 g/mol. The minimum absolute atomic E-state index is 0.254. The number of carbonyl (C=O) groups excluding carboxylic acids is 1. The van der Waals surface area contributed by atoms with Crippen LogP contribution in [0.2, 0.25) is 0 Å². The molecule has 26 heavy (non-hydrogen) atoms. The summed E-state index contributed by atoms with van der Waals surface area (Å²) in [5.41, 5.74) is 1.12. The molecule has 0 spiro atoms. The van der Waals surface area contributed by atoms with Gasteiger partial charge in [-0.1, -0.05) is 0 Å². The maximum absolute atomic E-state index is 12.8. The van der Waals surface area contributed by atoms with Gasteiger partial charge in [-0.3, -0.25) is 14.6 Å². The Hall–Kier alpha value is -2.18. The number of carbonyl (C=O) groups is 1. The lowest BCUT2D eigenvalue weighted by molar-refractivity contribution is -0.130. The molecule has 2 aromatic rings. The van der Waals surface area contributed by atoms with Crippen molar-refractivity contribution in [3.05, 3.63) is 29.6 Å². The molecule has 7 nitrogen and oxygen atoms in total. The van der Waals surface area contributed by atoms with Crippen LogP contribution < -0.4 is 0 Å². The molecule has 5 rings (SSSR count). The standard InChI is InChI=1S/C19H26N6O/c1-24-9-12(8-20-24)2-7-17(26)25-10-15(13-3-4-13)16(11-25)19-21-18(22-23-19)14-5-6-14/h8-9,13-16H,2-7,10-11H2,1H3,(H,21,22,23)/t15-,16+/m1/s1. The molecule has 1 N–H and O–H groups in total. The van der Waals surface area contributed by atoms with Crippen molar-refractivity contribution in [2.24, 2.45) is 18.9 Å². The highest BCUT2D eigenvalue weighted by molar-refractivity contribution is 5.77. The lowest BCUT2D eigenvalue weighted by atomic mass is 9.91. The largest absolute Gasteiger partial charge is 0.342 e. The van der Waals surface area contributed by atoms with E-state index in [4.69, 9.17) is 4.98 Å². The minimum Gasteiger partial charge on any atom is -0.342 e. The van der Waals surface area contributed by atoms with Gasteiger partial charge in [-0.25, -0.2) is 4.98 Å². The van der Waals surface area contributed by atoms with Crippen molar-refractivity contribution in [2.75, 3.05) is 13.1 Å². The Bertz CT molecular complexity index is 803. The Kier molecular flexibility index (Phi) is 3.83. The van der Waals surface area contributed by atoms with Gasteiger partial charge in [-0.05, 0) is 49.5 Å². The normalized spacial score (nSPS) is 25.8. The van der Waals surface area contributed by atoms with Gasteiger partial charge in [0.1, 0.15) is 5.82 Å². The molecule has 0 aromatic carbocycles. The van der Waals surface area contributed by atoms with Crippen molar-refractivity contribution >= 4 is 5.91 Å². The van der Waals surface area contributed by atoms with Gasteiger partial charge in [-0.15, -0.1) is 0 Å². The second kappa shape index (κ2) is 6.21. The van der Waals surface area contributed by atoms with Gasteiger partial charge in [0.2, 0.25) is 5.91 Å². The summed E-state index contributed by atoms with van der Waals surface area (Å²) in [6.07, 6.45) is 10.2. The van der Waals surface area contributed by atoms with Gasteiger partial charge in [0.25, 0.3) is 0 Å². The van der Waals surface area contributed by atoms with Crippen LogP contribution in [0, 0.1) is 11.8 Å². The molecule has 2 aromatic heterocycles. The fourth-order valence-electron chi connectivity index (χ4n) is 4.31. The Labute approximate surface area is 153 Å². The number of aryl methyl sites for hydroxylation is 2. The molecule has 2 aliphatic carbocycles. The van der Waals surface area contributed by atoms with Crippen LogP contribution in [-0.4, -0.2) is 48.9 Å². The molecule has 3 aliphatic rings. The van der Waals surface area contributed by atoms with E-state index in [0.717, 1.165) is 42.6 Å². The molecular formula is C19H26N6O. The Morgan fingerprint density at radius 3 is 2.81 bits per heavy atom. The number of aromatic nitrogens is 5. The Morgan fingerprint density at radius 2 is 2.12 bits per heavy atom. The molecule has 3 fully saturated rings. The van der Waals surface area contributed by atoms with Gasteiger partial charge >= 0.3 is 0 Å². The second-order valence-corrected chi connectivity index (χ2v) is 8.28. The number of nitrogens with zero attached hydrogens (tertiary/aromatic N) is 5. The SMILES string of the molecule is Cn1cc(CCC(=O)N2C[C@H](c3nc(C4CC4)n[nH]3)[C@@H](C3CC3)C2)cn1. The highest BCUT2D eigenvalue weighted by Gasteiger charge is 2.45. The Balaban J connectivity index is 1.25. The number of likely N-dealkylation sites (tertiary alicyclic amines) is 1. The summed E-state index contributed by atoms with van der Waals surface area (Å²) >= 11 is 0. The van der Waals surface area contributed by atoms with E-state index in [1.165, 1.54) is 25.7 Å². The summed E-state index contributed by atoms with van der Waals surface area (Å²) in [6.45, 7) is 1.66. The van der Waals surface area contributed by atoms with Crippen LogP contribution in [0.15, 0.2) is 12.4 Å². The van der Waals surface area contributed by atoms with E-state index >= 15 is 0 Å². The first-order valence-electron chi connectivity index (χ1n) is 9.85. The summed E-state index contributed by atoms with van der Waals surface area (Å²) in [5, 5.41) is 11.8. The molecule has 0 unspecified atom stereocenters. The summed E-state index contributed by atoms with van der Waals surface area (Å²) in [4.78, 5) is 19.6. The van der Waals surface area contributed by atoms with E-state index in [0.29, 0.717) is 24.2 Å². The van der Waals surface area contributed by atoms with Crippen LogP contribution in [0.3, 0.4) is 0 Å². The molecule has 2 saturated carbocycles. The molecule has 1 aliphatic heterocycles. The Morgan fingerprint density at radius 1 is 1.27 bits per heavy atom. The maximum Gasteiger partial charge on any atom is 0.222 e. The molecule has 0 radical (unpaired) electrons. The third-order valence-corrected chi connectivity index (χ3v) is 6.14. The van der Waals surface area contributed by atoms with E-state index < -0.39 is 0 Å². The molecule has 1 amide bonds. The fourth-order valence-corrected chi connectivity index (χ4v) is 4.31. The third kappa shape index (κ3) is 3.15. The van der Waals surface area contributed by atoms with Crippen LogP contribution in [-0.2, 0) is 18.3 Å². The summed E-state index contributed by atoms with van der Waals surface area (Å²) in [7, 11) is 1.91. The lowest BCUT2D eigenvalue weighted by Gasteiger charge is -2.16. The zero-order chi connectivity index (χ0) is 17.7. The van der Waals surface area contributed by atoms with Crippen LogP contribution in [0.4, 0.5) is 0 Å². The minimum atomic E-state index is 0.254. The molecule has 138 valence electrons. The van der Waals surface area contributed by atoms with Crippen LogP contribution >= 0.6 is 0 Å². The highest BCUT2D eigenvalue weighted by Crippen LogP contribution is 2.47. The summed E-state index contributed by atoms with van der Waals surface area (Å²) < 4.78 is 1.79. The number of H-pyrrole nitrogens is 1. The van der Waals surface area contributed by atoms with E-state index in [9.17, 15) is 4.79 Å². The smallest absolute Gasteiger partial charge is 0.222 e. The zero-order valence-electron chi connectivity index (χ0n) is 15.3. The van der Waals surface area contributed by atoms with E-state index in [1.807, 2.05) is 19.4 Å².